The predicted octanol–water partition coefficient (Wildman–Crippen LogP) is 1.96. The summed E-state index contributed by atoms with van der Waals surface area (Å²) in [4.78, 5) is 0. The minimum absolute atomic E-state index is 0.0469. The average molecular weight is 218 g/mol. The van der Waals surface area contributed by atoms with Crippen molar-refractivity contribution in [2.24, 2.45) is 5.41 Å². The molecule has 2 atom stereocenters. The molecule has 0 fully saturated rings. The Kier molecular flexibility index (Phi) is 7.14. The minimum Gasteiger partial charge on any atom is -0.394 e. The Morgan fingerprint density at radius 3 is 2.40 bits per heavy atom. The quantitative estimate of drug-likeness (QED) is 0.655. The molecule has 0 aliphatic rings. The fraction of sp³-hybridized carbons (Fsp3) is 1.00. The van der Waals surface area contributed by atoms with Gasteiger partial charge in [-0.3, -0.25) is 0 Å². The summed E-state index contributed by atoms with van der Waals surface area (Å²) in [5, 5.41) is 18.0. The average Bonchev–Trinajstić information content (AvgIpc) is 2.22. The Balaban J connectivity index is 3.92. The lowest BCUT2D eigenvalue weighted by Gasteiger charge is -2.32. The van der Waals surface area contributed by atoms with Gasteiger partial charge < -0.3 is 14.9 Å². The van der Waals surface area contributed by atoms with Gasteiger partial charge in [0, 0.05) is 6.61 Å². The van der Waals surface area contributed by atoms with Gasteiger partial charge in [-0.1, -0.05) is 20.8 Å². The Morgan fingerprint density at radius 2 is 1.93 bits per heavy atom. The van der Waals surface area contributed by atoms with E-state index in [4.69, 9.17) is 9.84 Å². The fourth-order valence-corrected chi connectivity index (χ4v) is 1.35. The Labute approximate surface area is 93.5 Å². The van der Waals surface area contributed by atoms with Crippen LogP contribution in [0.2, 0.25) is 0 Å². The van der Waals surface area contributed by atoms with Crippen molar-refractivity contribution in [3.8, 4) is 0 Å². The second kappa shape index (κ2) is 7.20. The zero-order valence-corrected chi connectivity index (χ0v) is 10.5. The number of aliphatic hydroxyl groups excluding tert-OH is 2. The first-order valence-corrected chi connectivity index (χ1v) is 5.84. The van der Waals surface area contributed by atoms with E-state index >= 15 is 0 Å². The zero-order chi connectivity index (χ0) is 11.9. The van der Waals surface area contributed by atoms with Gasteiger partial charge in [-0.15, -0.1) is 0 Å². The van der Waals surface area contributed by atoms with E-state index in [1.54, 1.807) is 0 Å². The van der Waals surface area contributed by atoms with Crippen molar-refractivity contribution >= 4 is 0 Å². The van der Waals surface area contributed by atoms with Crippen LogP contribution in [0.4, 0.5) is 0 Å². The minimum atomic E-state index is -0.595. The van der Waals surface area contributed by atoms with Crippen molar-refractivity contribution < 1.29 is 14.9 Å². The summed E-state index contributed by atoms with van der Waals surface area (Å²) >= 11 is 0. The molecule has 0 amide bonds. The van der Waals surface area contributed by atoms with Crippen LogP contribution >= 0.6 is 0 Å². The Bertz CT molecular complexity index is 157. The van der Waals surface area contributed by atoms with Gasteiger partial charge in [0.05, 0.1) is 18.8 Å². The lowest BCUT2D eigenvalue weighted by atomic mass is 9.82. The van der Waals surface area contributed by atoms with Crippen LogP contribution in [0.3, 0.4) is 0 Å². The van der Waals surface area contributed by atoms with E-state index in [0.29, 0.717) is 6.42 Å². The first-order chi connectivity index (χ1) is 6.94. The Hall–Kier alpha value is -0.120. The second-order valence-electron chi connectivity index (χ2n) is 4.88. The summed E-state index contributed by atoms with van der Waals surface area (Å²) < 4.78 is 5.68. The summed E-state index contributed by atoms with van der Waals surface area (Å²) in [6.45, 7) is 9.07. The summed E-state index contributed by atoms with van der Waals surface area (Å²) in [6.07, 6.45) is 2.11. The van der Waals surface area contributed by atoms with Gasteiger partial charge in [0.25, 0.3) is 0 Å². The fourth-order valence-electron chi connectivity index (χ4n) is 1.35. The third-order valence-corrected chi connectivity index (χ3v) is 3.01. The monoisotopic (exact) mass is 218 g/mol. The number of ether oxygens (including phenoxy) is 1. The topological polar surface area (TPSA) is 49.7 Å². The van der Waals surface area contributed by atoms with Crippen LogP contribution in [0.5, 0.6) is 0 Å². The highest BCUT2D eigenvalue weighted by Crippen LogP contribution is 2.29. The molecule has 0 aromatic carbocycles. The van der Waals surface area contributed by atoms with Gasteiger partial charge in [0.15, 0.2) is 0 Å². The molecular weight excluding hydrogens is 192 g/mol. The first kappa shape index (κ1) is 14.9. The molecule has 2 unspecified atom stereocenters. The van der Waals surface area contributed by atoms with Gasteiger partial charge in [-0.2, -0.15) is 0 Å². The third kappa shape index (κ3) is 6.13. The molecule has 0 heterocycles. The standard InChI is InChI=1S/C12H26O3/c1-5-8-15-10(2)12(3,4)7-6-11(14)9-13/h10-11,13-14H,5-9H2,1-4H3. The molecule has 3 nitrogen and oxygen atoms in total. The molecule has 0 aliphatic carbocycles. The summed E-state index contributed by atoms with van der Waals surface area (Å²) in [6, 6.07) is 0. The second-order valence-corrected chi connectivity index (χ2v) is 4.88. The molecule has 0 saturated carbocycles. The van der Waals surface area contributed by atoms with E-state index in [-0.39, 0.29) is 18.1 Å². The maximum absolute atomic E-state index is 9.29. The van der Waals surface area contributed by atoms with Gasteiger partial charge in [0.1, 0.15) is 0 Å². The smallest absolute Gasteiger partial charge is 0.0771 e. The molecule has 2 N–H and O–H groups in total. The van der Waals surface area contributed by atoms with Crippen LogP contribution < -0.4 is 0 Å². The lowest BCUT2D eigenvalue weighted by Crippen LogP contribution is -2.31. The Morgan fingerprint density at radius 1 is 1.33 bits per heavy atom. The molecule has 0 saturated heterocycles. The van der Waals surface area contributed by atoms with E-state index < -0.39 is 6.10 Å². The van der Waals surface area contributed by atoms with Crippen LogP contribution in [0.25, 0.3) is 0 Å². The largest absolute Gasteiger partial charge is 0.394 e. The molecule has 0 spiro atoms. The molecule has 0 aromatic rings. The van der Waals surface area contributed by atoms with E-state index in [0.717, 1.165) is 19.4 Å². The van der Waals surface area contributed by atoms with Gasteiger partial charge in [-0.25, -0.2) is 0 Å². The zero-order valence-electron chi connectivity index (χ0n) is 10.5. The number of aliphatic hydroxyl groups is 2. The maximum atomic E-state index is 9.29. The number of hydrogen-bond acceptors (Lipinski definition) is 3. The van der Waals surface area contributed by atoms with Crippen molar-refractivity contribution in [2.45, 2.75) is 59.2 Å². The normalized spacial score (nSPS) is 16.4. The highest BCUT2D eigenvalue weighted by molar-refractivity contribution is 4.77. The molecule has 15 heavy (non-hydrogen) atoms. The molecule has 0 aromatic heterocycles. The van der Waals surface area contributed by atoms with E-state index in [1.165, 1.54) is 0 Å². The first-order valence-electron chi connectivity index (χ1n) is 5.84. The molecule has 0 aliphatic heterocycles. The maximum Gasteiger partial charge on any atom is 0.0771 e. The van der Waals surface area contributed by atoms with Crippen molar-refractivity contribution in [3.05, 3.63) is 0 Å². The van der Waals surface area contributed by atoms with Crippen LogP contribution in [-0.4, -0.2) is 35.6 Å². The van der Waals surface area contributed by atoms with E-state index in [1.807, 2.05) is 0 Å². The van der Waals surface area contributed by atoms with Crippen molar-refractivity contribution in [3.63, 3.8) is 0 Å². The van der Waals surface area contributed by atoms with Crippen LogP contribution in [0, 0.1) is 5.41 Å². The van der Waals surface area contributed by atoms with E-state index in [9.17, 15) is 5.11 Å². The molecule has 0 radical (unpaired) electrons. The van der Waals surface area contributed by atoms with Crippen LogP contribution in [0.1, 0.15) is 47.0 Å². The number of rotatable bonds is 8. The lowest BCUT2D eigenvalue weighted by molar-refractivity contribution is -0.0248. The molecular formula is C12H26O3. The van der Waals surface area contributed by atoms with E-state index in [2.05, 4.69) is 27.7 Å². The van der Waals surface area contributed by atoms with Crippen molar-refractivity contribution in [1.82, 2.24) is 0 Å². The molecule has 3 heteroatoms. The molecule has 0 rings (SSSR count). The molecule has 0 bridgehead atoms. The SMILES string of the molecule is CCCOC(C)C(C)(C)CCC(O)CO. The van der Waals surface area contributed by atoms with Gasteiger partial charge in [0.2, 0.25) is 0 Å². The van der Waals surface area contributed by atoms with Gasteiger partial charge >= 0.3 is 0 Å². The van der Waals surface area contributed by atoms with Gasteiger partial charge in [-0.05, 0) is 31.6 Å². The summed E-state index contributed by atoms with van der Waals surface area (Å²) in [5.41, 5.74) is 0.0469. The molecule has 92 valence electrons. The van der Waals surface area contributed by atoms with Crippen molar-refractivity contribution in [2.75, 3.05) is 13.2 Å². The predicted molar refractivity (Wildman–Crippen MR) is 61.8 cm³/mol. The highest BCUT2D eigenvalue weighted by Gasteiger charge is 2.26. The summed E-state index contributed by atoms with van der Waals surface area (Å²) in [5.74, 6) is 0. The third-order valence-electron chi connectivity index (χ3n) is 3.01. The number of hydrogen-bond donors (Lipinski definition) is 2. The van der Waals surface area contributed by atoms with Crippen molar-refractivity contribution in [1.29, 1.82) is 0 Å². The van der Waals surface area contributed by atoms with Crippen LogP contribution in [0.15, 0.2) is 0 Å². The van der Waals surface area contributed by atoms with Crippen LogP contribution in [-0.2, 0) is 4.74 Å². The summed E-state index contributed by atoms with van der Waals surface area (Å²) in [7, 11) is 0. The highest BCUT2D eigenvalue weighted by atomic mass is 16.5.